The molecule has 0 atom stereocenters. The van der Waals surface area contributed by atoms with E-state index in [0.717, 1.165) is 42.7 Å². The number of para-hydroxylation sites is 1. The van der Waals surface area contributed by atoms with Crippen molar-refractivity contribution >= 4 is 45.9 Å². The SMILES string of the molecule is CSc1ccc(NC(=O)NC[C@H]2CC[C@@H](Nc3cc(N(C)C)c4ccccc4n3)CC2)cc1. The molecule has 6 nitrogen and oxygen atoms in total. The lowest BCUT2D eigenvalue weighted by Crippen LogP contribution is -2.36. The largest absolute Gasteiger partial charge is 0.377 e. The van der Waals surface area contributed by atoms with Gasteiger partial charge in [-0.2, -0.15) is 0 Å². The summed E-state index contributed by atoms with van der Waals surface area (Å²) in [5.41, 5.74) is 3.01. The van der Waals surface area contributed by atoms with Crippen molar-refractivity contribution in [2.45, 2.75) is 36.6 Å². The Morgan fingerprint density at radius 1 is 1.06 bits per heavy atom. The van der Waals surface area contributed by atoms with Crippen LogP contribution in [0.4, 0.5) is 22.0 Å². The molecule has 0 saturated heterocycles. The van der Waals surface area contributed by atoms with Gasteiger partial charge in [-0.3, -0.25) is 0 Å². The van der Waals surface area contributed by atoms with E-state index in [1.54, 1.807) is 11.8 Å². The molecule has 0 radical (unpaired) electrons. The number of carbonyl (C=O) groups excluding carboxylic acids is 1. The fourth-order valence-electron chi connectivity index (χ4n) is 4.41. The molecule has 1 fully saturated rings. The molecule has 3 aromatic rings. The van der Waals surface area contributed by atoms with Gasteiger partial charge in [-0.1, -0.05) is 18.2 Å². The van der Waals surface area contributed by atoms with Gasteiger partial charge in [0.15, 0.2) is 0 Å². The topological polar surface area (TPSA) is 69.3 Å². The molecule has 4 rings (SSSR count). The molecule has 1 saturated carbocycles. The molecule has 1 aliphatic rings. The highest BCUT2D eigenvalue weighted by molar-refractivity contribution is 7.98. The van der Waals surface area contributed by atoms with Crippen molar-refractivity contribution in [3.8, 4) is 0 Å². The maximum Gasteiger partial charge on any atom is 0.319 e. The number of hydrogen-bond acceptors (Lipinski definition) is 5. The van der Waals surface area contributed by atoms with Crippen LogP contribution in [0.25, 0.3) is 10.9 Å². The van der Waals surface area contributed by atoms with E-state index in [2.05, 4.69) is 59.2 Å². The maximum atomic E-state index is 12.3. The highest BCUT2D eigenvalue weighted by Crippen LogP contribution is 2.30. The first kappa shape index (κ1) is 23.2. The van der Waals surface area contributed by atoms with Crippen LogP contribution < -0.4 is 20.9 Å². The summed E-state index contributed by atoms with van der Waals surface area (Å²) in [5, 5.41) is 10.8. The summed E-state index contributed by atoms with van der Waals surface area (Å²) in [6.07, 6.45) is 6.38. The minimum atomic E-state index is -0.135. The quantitative estimate of drug-likeness (QED) is 0.386. The van der Waals surface area contributed by atoms with E-state index in [-0.39, 0.29) is 6.03 Å². The monoisotopic (exact) mass is 463 g/mol. The Morgan fingerprint density at radius 3 is 2.48 bits per heavy atom. The summed E-state index contributed by atoms with van der Waals surface area (Å²) >= 11 is 1.69. The average Bonchev–Trinajstić information content (AvgIpc) is 2.83. The molecule has 2 amide bonds. The van der Waals surface area contributed by atoms with Gasteiger partial charge < -0.3 is 20.9 Å². The maximum absolute atomic E-state index is 12.3. The first-order valence-corrected chi connectivity index (χ1v) is 12.8. The van der Waals surface area contributed by atoms with Crippen LogP contribution in [0.1, 0.15) is 25.7 Å². The second-order valence-corrected chi connectivity index (χ2v) is 9.74. The molecule has 1 heterocycles. The van der Waals surface area contributed by atoms with Gasteiger partial charge >= 0.3 is 6.03 Å². The fourth-order valence-corrected chi connectivity index (χ4v) is 4.82. The molecule has 1 aliphatic carbocycles. The zero-order valence-electron chi connectivity index (χ0n) is 19.6. The number of fused-ring (bicyclic) bond motifs is 1. The normalized spacial score (nSPS) is 18.0. The Kier molecular flexibility index (Phi) is 7.60. The van der Waals surface area contributed by atoms with E-state index < -0.39 is 0 Å². The van der Waals surface area contributed by atoms with Crippen molar-refractivity contribution in [3.05, 3.63) is 54.6 Å². The van der Waals surface area contributed by atoms with Crippen molar-refractivity contribution in [2.24, 2.45) is 5.92 Å². The molecule has 7 heteroatoms. The number of urea groups is 1. The van der Waals surface area contributed by atoms with Crippen LogP contribution in [0.3, 0.4) is 0 Å². The van der Waals surface area contributed by atoms with Gasteiger partial charge in [-0.05, 0) is 68.2 Å². The van der Waals surface area contributed by atoms with Gasteiger partial charge in [0.1, 0.15) is 5.82 Å². The summed E-state index contributed by atoms with van der Waals surface area (Å²) in [5.74, 6) is 1.44. The van der Waals surface area contributed by atoms with E-state index in [1.165, 1.54) is 16.0 Å². The highest BCUT2D eigenvalue weighted by Gasteiger charge is 2.22. The van der Waals surface area contributed by atoms with Crippen LogP contribution in [-0.2, 0) is 0 Å². The predicted molar refractivity (Wildman–Crippen MR) is 141 cm³/mol. The molecular weight excluding hydrogens is 430 g/mol. The van der Waals surface area contributed by atoms with Gasteiger partial charge in [0.05, 0.1) is 5.52 Å². The van der Waals surface area contributed by atoms with Gasteiger partial charge in [0, 0.05) is 54.4 Å². The molecule has 3 N–H and O–H groups in total. The molecular formula is C26H33N5OS. The number of benzene rings is 2. The lowest BCUT2D eigenvalue weighted by molar-refractivity contribution is 0.246. The number of nitrogens with one attached hydrogen (secondary N) is 3. The molecule has 1 aromatic heterocycles. The van der Waals surface area contributed by atoms with Crippen molar-refractivity contribution in [1.29, 1.82) is 0 Å². The van der Waals surface area contributed by atoms with Crippen molar-refractivity contribution in [3.63, 3.8) is 0 Å². The summed E-state index contributed by atoms with van der Waals surface area (Å²) < 4.78 is 0. The fraction of sp³-hybridized carbons (Fsp3) is 0.385. The zero-order chi connectivity index (χ0) is 23.2. The number of amides is 2. The molecule has 2 aromatic carbocycles. The van der Waals surface area contributed by atoms with E-state index in [4.69, 9.17) is 4.98 Å². The van der Waals surface area contributed by atoms with Crippen LogP contribution in [0, 0.1) is 5.92 Å². The Labute approximate surface area is 200 Å². The third-order valence-electron chi connectivity index (χ3n) is 6.27. The Morgan fingerprint density at radius 2 is 1.79 bits per heavy atom. The number of thioether (sulfide) groups is 1. The number of nitrogens with zero attached hydrogens (tertiary/aromatic N) is 2. The minimum Gasteiger partial charge on any atom is -0.377 e. The smallest absolute Gasteiger partial charge is 0.319 e. The van der Waals surface area contributed by atoms with Crippen molar-refractivity contribution < 1.29 is 4.79 Å². The van der Waals surface area contributed by atoms with Crippen LogP contribution in [0.2, 0.25) is 0 Å². The number of rotatable bonds is 7. The first-order valence-electron chi connectivity index (χ1n) is 11.5. The number of carbonyl (C=O) groups is 1. The van der Waals surface area contributed by atoms with Gasteiger partial charge in [0.25, 0.3) is 0 Å². The van der Waals surface area contributed by atoms with E-state index in [0.29, 0.717) is 18.5 Å². The molecule has 0 spiro atoms. The summed E-state index contributed by atoms with van der Waals surface area (Å²) in [4.78, 5) is 20.4. The first-order chi connectivity index (χ1) is 16.0. The van der Waals surface area contributed by atoms with Gasteiger partial charge in [-0.25, -0.2) is 9.78 Å². The average molecular weight is 464 g/mol. The standard InChI is InChI=1S/C26H33N5OS/c1-31(2)24-16-25(30-23-7-5-4-6-22(23)24)28-19-10-8-18(9-11-19)17-27-26(32)29-20-12-14-21(33-3)15-13-20/h4-7,12-16,18-19H,8-11,17H2,1-3H3,(H,28,30)(H2,27,29,32)/t18-,19+. The second-order valence-electron chi connectivity index (χ2n) is 8.86. The highest BCUT2D eigenvalue weighted by atomic mass is 32.2. The summed E-state index contributed by atoms with van der Waals surface area (Å²) in [7, 11) is 4.14. The molecule has 33 heavy (non-hydrogen) atoms. The van der Waals surface area contributed by atoms with E-state index in [9.17, 15) is 4.79 Å². The third-order valence-corrected chi connectivity index (χ3v) is 7.02. The lowest BCUT2D eigenvalue weighted by Gasteiger charge is -2.30. The van der Waals surface area contributed by atoms with Crippen molar-refractivity contribution in [2.75, 3.05) is 42.4 Å². The minimum absolute atomic E-state index is 0.135. The Hall–Kier alpha value is -2.93. The van der Waals surface area contributed by atoms with E-state index >= 15 is 0 Å². The molecule has 0 bridgehead atoms. The van der Waals surface area contributed by atoms with Gasteiger partial charge in [0.2, 0.25) is 0 Å². The van der Waals surface area contributed by atoms with Crippen LogP contribution in [0.5, 0.6) is 0 Å². The van der Waals surface area contributed by atoms with Crippen LogP contribution in [0.15, 0.2) is 59.5 Å². The predicted octanol–water partition coefficient (Wildman–Crippen LogP) is 5.82. The zero-order valence-corrected chi connectivity index (χ0v) is 20.4. The molecule has 174 valence electrons. The Bertz CT molecular complexity index is 1080. The number of aromatic nitrogens is 1. The number of anilines is 3. The Balaban J connectivity index is 1.25. The third kappa shape index (κ3) is 6.11. The van der Waals surface area contributed by atoms with E-state index in [1.807, 2.05) is 36.6 Å². The molecule has 0 unspecified atom stereocenters. The number of hydrogen-bond donors (Lipinski definition) is 3. The van der Waals surface area contributed by atoms with Crippen molar-refractivity contribution in [1.82, 2.24) is 10.3 Å². The van der Waals surface area contributed by atoms with Crippen LogP contribution >= 0.6 is 11.8 Å². The van der Waals surface area contributed by atoms with Crippen LogP contribution in [-0.4, -0.2) is 44.0 Å². The molecule has 0 aliphatic heterocycles. The lowest BCUT2D eigenvalue weighted by atomic mass is 9.86. The second kappa shape index (κ2) is 10.8. The summed E-state index contributed by atoms with van der Waals surface area (Å²) in [6, 6.07) is 18.6. The van der Waals surface area contributed by atoms with Gasteiger partial charge in [-0.15, -0.1) is 11.8 Å². The summed E-state index contributed by atoms with van der Waals surface area (Å²) in [6.45, 7) is 0.709. The number of pyridine rings is 1.